The highest BCUT2D eigenvalue weighted by molar-refractivity contribution is 7.80. The second-order valence-electron chi connectivity index (χ2n) is 3.29. The van der Waals surface area contributed by atoms with Crippen LogP contribution in [0, 0.1) is 0 Å². The Morgan fingerprint density at radius 3 is 2.61 bits per heavy atom. The molecule has 7 heteroatoms. The van der Waals surface area contributed by atoms with E-state index in [0.717, 1.165) is 30.4 Å². The van der Waals surface area contributed by atoms with E-state index in [4.69, 9.17) is 4.55 Å². The molecule has 2 aromatic rings. The Kier molecular flexibility index (Phi) is 5.02. The van der Waals surface area contributed by atoms with Gasteiger partial charge in [-0.3, -0.25) is 8.74 Å². The number of benzene rings is 1. The van der Waals surface area contributed by atoms with Crippen molar-refractivity contribution in [1.29, 1.82) is 0 Å². The van der Waals surface area contributed by atoms with Gasteiger partial charge in [0.25, 0.3) is 0 Å². The predicted molar refractivity (Wildman–Crippen MR) is 68.6 cm³/mol. The normalized spacial score (nSPS) is 10.8. The minimum Gasteiger partial charge on any atom is -0.342 e. The molecule has 0 radical (unpaired) electrons. The van der Waals surface area contributed by atoms with E-state index in [2.05, 4.69) is 20.7 Å². The summed E-state index contributed by atoms with van der Waals surface area (Å²) in [6, 6.07) is 8.01. The van der Waals surface area contributed by atoms with Crippen LogP contribution in [0.4, 0.5) is 0 Å². The molecular weight excluding hydrogens is 256 g/mol. The molecule has 0 aliphatic carbocycles. The first kappa shape index (κ1) is 14.4. The second-order valence-corrected chi connectivity index (χ2v) is 4.48. The number of aromatic nitrogens is 2. The zero-order valence-corrected chi connectivity index (χ0v) is 10.6. The summed E-state index contributed by atoms with van der Waals surface area (Å²) in [6.07, 6.45) is 2.65. The first-order valence-electron chi connectivity index (χ1n) is 5.04. The Morgan fingerprint density at radius 1 is 1.50 bits per heavy atom. The van der Waals surface area contributed by atoms with E-state index in [1.54, 1.807) is 0 Å². The van der Waals surface area contributed by atoms with Gasteiger partial charge in [-0.1, -0.05) is 18.2 Å². The van der Waals surface area contributed by atoms with E-state index in [1.165, 1.54) is 0 Å². The van der Waals surface area contributed by atoms with Crippen LogP contribution >= 0.6 is 0 Å². The molecule has 1 aromatic heterocycles. The number of aromatic amines is 1. The van der Waals surface area contributed by atoms with Crippen LogP contribution in [0.2, 0.25) is 0 Å². The number of rotatable bonds is 3. The number of imidazole rings is 1. The number of nitrogens with zero attached hydrogens (tertiary/aromatic N) is 1. The lowest BCUT2D eigenvalue weighted by Gasteiger charge is -1.83. The average molecular weight is 270 g/mol. The van der Waals surface area contributed by atoms with Crippen molar-refractivity contribution in [2.24, 2.45) is 0 Å². The molecule has 98 valence electrons. The Bertz CT molecular complexity index is 586. The molecule has 0 aliphatic rings. The molecule has 2 rings (SSSR count). The third-order valence-corrected chi connectivity index (χ3v) is 2.41. The maximum Gasteiger partial charge on any atom is 0.397 e. The maximum atomic E-state index is 9.33. The summed E-state index contributed by atoms with van der Waals surface area (Å²) < 4.78 is 29.7. The van der Waals surface area contributed by atoms with Crippen LogP contribution in [0.3, 0.4) is 0 Å². The molecule has 0 spiro atoms. The molecule has 0 atom stereocenters. The van der Waals surface area contributed by atoms with Crippen molar-refractivity contribution in [3.8, 4) is 0 Å². The number of para-hydroxylation sites is 2. The van der Waals surface area contributed by atoms with Crippen molar-refractivity contribution < 1.29 is 17.2 Å². The molecule has 0 saturated heterocycles. The predicted octanol–water partition coefficient (Wildman–Crippen LogP) is 1.73. The minimum atomic E-state index is -4.16. The van der Waals surface area contributed by atoms with Gasteiger partial charge in [-0.25, -0.2) is 4.98 Å². The Labute approximate surface area is 105 Å². The molecule has 1 heterocycles. The molecular formula is C11H14N2O4S. The van der Waals surface area contributed by atoms with Gasteiger partial charge >= 0.3 is 10.4 Å². The van der Waals surface area contributed by atoms with Gasteiger partial charge in [0, 0.05) is 6.42 Å². The van der Waals surface area contributed by atoms with E-state index in [1.807, 2.05) is 30.3 Å². The summed E-state index contributed by atoms with van der Waals surface area (Å²) in [7, 11) is -3.29. The highest BCUT2D eigenvalue weighted by Gasteiger charge is 1.98. The van der Waals surface area contributed by atoms with Gasteiger partial charge in [-0.2, -0.15) is 8.42 Å². The summed E-state index contributed by atoms with van der Waals surface area (Å²) in [5.41, 5.74) is 2.11. The maximum absolute atomic E-state index is 9.33. The molecule has 18 heavy (non-hydrogen) atoms. The van der Waals surface area contributed by atoms with Gasteiger partial charge in [0.15, 0.2) is 0 Å². The Morgan fingerprint density at radius 2 is 2.11 bits per heavy atom. The van der Waals surface area contributed by atoms with Crippen molar-refractivity contribution in [3.05, 3.63) is 42.7 Å². The Balaban J connectivity index is 0.000000232. The van der Waals surface area contributed by atoms with Crippen LogP contribution in [0.25, 0.3) is 11.0 Å². The fourth-order valence-corrected chi connectivity index (χ4v) is 1.24. The largest absolute Gasteiger partial charge is 0.397 e. The first-order valence-corrected chi connectivity index (χ1v) is 6.40. The fourth-order valence-electron chi connectivity index (χ4n) is 1.24. The monoisotopic (exact) mass is 270 g/mol. The van der Waals surface area contributed by atoms with Crippen LogP contribution in [0.5, 0.6) is 0 Å². The van der Waals surface area contributed by atoms with E-state index in [9.17, 15) is 8.42 Å². The lowest BCUT2D eigenvalue weighted by molar-refractivity contribution is 0.324. The fraction of sp³-hybridized carbons (Fsp3) is 0.182. The van der Waals surface area contributed by atoms with Crippen molar-refractivity contribution >= 4 is 21.4 Å². The molecule has 6 nitrogen and oxygen atoms in total. The summed E-state index contributed by atoms with van der Waals surface area (Å²) in [5.74, 6) is 0.978. The zero-order chi connectivity index (χ0) is 13.6. The van der Waals surface area contributed by atoms with Crippen molar-refractivity contribution in [2.75, 3.05) is 7.11 Å². The molecule has 0 unspecified atom stereocenters. The van der Waals surface area contributed by atoms with Crippen LogP contribution in [-0.4, -0.2) is 30.0 Å². The Hall–Kier alpha value is -1.70. The molecule has 2 N–H and O–H groups in total. The van der Waals surface area contributed by atoms with Gasteiger partial charge in [-0.05, 0) is 12.1 Å². The van der Waals surface area contributed by atoms with Gasteiger partial charge in [-0.15, -0.1) is 6.58 Å². The average Bonchev–Trinajstić information content (AvgIpc) is 2.71. The standard InChI is InChI=1S/C10H10N2.CH4O4S/c1-2-5-10-11-8-6-3-4-7-9(8)12-10;1-5-6(2,3)4/h2-4,6-7H,1,5H2,(H,11,12);1H3,(H,2,3,4). The molecule has 1 aromatic carbocycles. The summed E-state index contributed by atoms with van der Waals surface area (Å²) in [6.45, 7) is 3.67. The third-order valence-electron chi connectivity index (χ3n) is 1.99. The van der Waals surface area contributed by atoms with Crippen LogP contribution in [0.15, 0.2) is 36.9 Å². The minimum absolute atomic E-state index is 0.800. The van der Waals surface area contributed by atoms with Gasteiger partial charge < -0.3 is 4.98 Å². The van der Waals surface area contributed by atoms with Crippen molar-refractivity contribution in [2.45, 2.75) is 6.42 Å². The SMILES string of the molecule is C=CCc1nc2ccccc2[nH]1.COS(=O)(=O)O. The smallest absolute Gasteiger partial charge is 0.342 e. The number of nitrogens with one attached hydrogen (secondary N) is 1. The molecule has 0 saturated carbocycles. The summed E-state index contributed by atoms with van der Waals surface area (Å²) in [4.78, 5) is 7.59. The second kappa shape index (κ2) is 6.29. The van der Waals surface area contributed by atoms with Crippen molar-refractivity contribution in [1.82, 2.24) is 9.97 Å². The molecule has 0 amide bonds. The molecule has 0 aliphatic heterocycles. The quantitative estimate of drug-likeness (QED) is 0.654. The van der Waals surface area contributed by atoms with Gasteiger partial charge in [0.1, 0.15) is 5.82 Å². The lowest BCUT2D eigenvalue weighted by Crippen LogP contribution is -1.96. The zero-order valence-electron chi connectivity index (χ0n) is 9.83. The highest BCUT2D eigenvalue weighted by Crippen LogP contribution is 2.10. The van der Waals surface area contributed by atoms with Crippen molar-refractivity contribution in [3.63, 3.8) is 0 Å². The third kappa shape index (κ3) is 4.66. The highest BCUT2D eigenvalue weighted by atomic mass is 32.3. The van der Waals surface area contributed by atoms with E-state index in [-0.39, 0.29) is 0 Å². The number of hydrogen-bond donors (Lipinski definition) is 2. The van der Waals surface area contributed by atoms with Crippen LogP contribution in [0.1, 0.15) is 5.82 Å². The lowest BCUT2D eigenvalue weighted by atomic mass is 10.3. The van der Waals surface area contributed by atoms with E-state index in [0.29, 0.717) is 0 Å². The molecule has 0 bridgehead atoms. The van der Waals surface area contributed by atoms with E-state index < -0.39 is 10.4 Å². The number of fused-ring (bicyclic) bond motifs is 1. The number of H-pyrrole nitrogens is 1. The summed E-state index contributed by atoms with van der Waals surface area (Å²) in [5, 5.41) is 0. The topological polar surface area (TPSA) is 92.3 Å². The molecule has 0 fully saturated rings. The van der Waals surface area contributed by atoms with Gasteiger partial charge in [0.2, 0.25) is 0 Å². The number of allylic oxidation sites excluding steroid dienone is 1. The van der Waals surface area contributed by atoms with Gasteiger partial charge in [0.05, 0.1) is 18.1 Å². The number of hydrogen-bond acceptors (Lipinski definition) is 4. The summed E-state index contributed by atoms with van der Waals surface area (Å²) >= 11 is 0. The van der Waals surface area contributed by atoms with Crippen LogP contribution < -0.4 is 0 Å². The van der Waals surface area contributed by atoms with Crippen LogP contribution in [-0.2, 0) is 21.0 Å². The van der Waals surface area contributed by atoms with E-state index >= 15 is 0 Å². The first-order chi connectivity index (χ1) is 8.46.